The molecule has 138 valence electrons. The highest BCUT2D eigenvalue weighted by Gasteiger charge is 2.24. The van der Waals surface area contributed by atoms with Gasteiger partial charge in [0.25, 0.3) is 0 Å². The van der Waals surface area contributed by atoms with Gasteiger partial charge in [-0.2, -0.15) is 0 Å². The first-order valence-corrected chi connectivity index (χ1v) is 9.24. The monoisotopic (exact) mass is 354 g/mol. The fourth-order valence-corrected chi connectivity index (χ4v) is 3.28. The van der Waals surface area contributed by atoms with Crippen LogP contribution in [0.25, 0.3) is 0 Å². The first-order valence-electron chi connectivity index (χ1n) is 9.24. The molecule has 1 aliphatic rings. The van der Waals surface area contributed by atoms with E-state index in [4.69, 9.17) is 9.47 Å². The lowest BCUT2D eigenvalue weighted by atomic mass is 10.1. The fourth-order valence-electron chi connectivity index (χ4n) is 3.28. The Labute approximate surface area is 154 Å². The van der Waals surface area contributed by atoms with Gasteiger partial charge in [0.15, 0.2) is 0 Å². The molecule has 1 atom stereocenters. The van der Waals surface area contributed by atoms with E-state index in [0.717, 1.165) is 18.8 Å². The highest BCUT2D eigenvalue weighted by Crippen LogP contribution is 2.26. The van der Waals surface area contributed by atoms with E-state index in [0.29, 0.717) is 18.9 Å². The molecule has 26 heavy (non-hydrogen) atoms. The van der Waals surface area contributed by atoms with Crippen molar-refractivity contribution in [2.24, 2.45) is 0 Å². The summed E-state index contributed by atoms with van der Waals surface area (Å²) >= 11 is 0. The van der Waals surface area contributed by atoms with Crippen LogP contribution in [-0.2, 0) is 0 Å². The average Bonchev–Trinajstić information content (AvgIpc) is 3.19. The molecule has 2 aromatic rings. The Hall–Kier alpha value is -2.53. The van der Waals surface area contributed by atoms with Crippen molar-refractivity contribution in [1.82, 2.24) is 10.2 Å². The van der Waals surface area contributed by atoms with Crippen LogP contribution in [0.15, 0.2) is 54.6 Å². The van der Waals surface area contributed by atoms with E-state index < -0.39 is 6.09 Å². The number of benzene rings is 2. The third-order valence-corrected chi connectivity index (χ3v) is 4.55. The van der Waals surface area contributed by atoms with Crippen molar-refractivity contribution in [3.63, 3.8) is 0 Å². The van der Waals surface area contributed by atoms with Gasteiger partial charge in [0.1, 0.15) is 11.5 Å². The van der Waals surface area contributed by atoms with Crippen LogP contribution in [0.4, 0.5) is 4.79 Å². The molecule has 1 amide bonds. The fraction of sp³-hybridized carbons (Fsp3) is 0.381. The predicted molar refractivity (Wildman–Crippen MR) is 102 cm³/mol. The Morgan fingerprint density at radius 2 is 1.73 bits per heavy atom. The zero-order chi connectivity index (χ0) is 18.2. The molecule has 0 aromatic heterocycles. The largest absolute Gasteiger partial charge is 0.494 e. The van der Waals surface area contributed by atoms with Gasteiger partial charge in [-0.15, -0.1) is 0 Å². The third kappa shape index (κ3) is 4.99. The maximum Gasteiger partial charge on any atom is 0.412 e. The van der Waals surface area contributed by atoms with Crippen LogP contribution in [0, 0.1) is 0 Å². The van der Waals surface area contributed by atoms with E-state index >= 15 is 0 Å². The maximum absolute atomic E-state index is 12.1. The van der Waals surface area contributed by atoms with Crippen LogP contribution in [0.5, 0.6) is 11.5 Å². The van der Waals surface area contributed by atoms with Gasteiger partial charge in [0, 0.05) is 6.54 Å². The number of likely N-dealkylation sites (tertiary alicyclic amines) is 1. The summed E-state index contributed by atoms with van der Waals surface area (Å²) in [5, 5.41) is 2.91. The van der Waals surface area contributed by atoms with Gasteiger partial charge in [-0.3, -0.25) is 4.90 Å². The van der Waals surface area contributed by atoms with Crippen molar-refractivity contribution in [2.45, 2.75) is 25.8 Å². The molecule has 2 aromatic carbocycles. The summed E-state index contributed by atoms with van der Waals surface area (Å²) < 4.78 is 10.9. The minimum Gasteiger partial charge on any atom is -0.494 e. The Bertz CT molecular complexity index is 682. The Kier molecular flexibility index (Phi) is 6.50. The number of para-hydroxylation sites is 1. The molecule has 1 N–H and O–H groups in total. The molecule has 1 fully saturated rings. The average molecular weight is 354 g/mol. The highest BCUT2D eigenvalue weighted by atomic mass is 16.6. The van der Waals surface area contributed by atoms with Crippen LogP contribution in [0.2, 0.25) is 0 Å². The molecule has 5 nitrogen and oxygen atoms in total. The maximum atomic E-state index is 12.1. The Balaban J connectivity index is 1.63. The normalized spacial score (nSPS) is 15.4. The van der Waals surface area contributed by atoms with Crippen molar-refractivity contribution < 1.29 is 14.3 Å². The molecule has 0 spiro atoms. The van der Waals surface area contributed by atoms with Crippen LogP contribution >= 0.6 is 0 Å². The number of rotatable bonds is 7. The molecule has 3 rings (SSSR count). The molecule has 5 heteroatoms. The number of carbonyl (C=O) groups excluding carboxylic acids is 1. The Morgan fingerprint density at radius 3 is 2.38 bits per heavy atom. The lowest BCUT2D eigenvalue weighted by Gasteiger charge is -2.28. The quantitative estimate of drug-likeness (QED) is 0.816. The van der Waals surface area contributed by atoms with Gasteiger partial charge in [0.2, 0.25) is 0 Å². The summed E-state index contributed by atoms with van der Waals surface area (Å²) in [6, 6.07) is 17.4. The van der Waals surface area contributed by atoms with Crippen LogP contribution < -0.4 is 14.8 Å². The summed E-state index contributed by atoms with van der Waals surface area (Å²) in [7, 11) is 0. The number of amides is 1. The lowest BCUT2D eigenvalue weighted by molar-refractivity contribution is 0.189. The molecule has 1 unspecified atom stereocenters. The predicted octanol–water partition coefficient (Wildman–Crippen LogP) is 4.01. The first-order chi connectivity index (χ1) is 12.8. The molecule has 1 heterocycles. The first kappa shape index (κ1) is 18.3. The van der Waals surface area contributed by atoms with E-state index in [1.807, 2.05) is 37.3 Å². The van der Waals surface area contributed by atoms with Crippen LogP contribution in [0.1, 0.15) is 31.4 Å². The summed E-state index contributed by atoms with van der Waals surface area (Å²) in [5.74, 6) is 1.41. The van der Waals surface area contributed by atoms with E-state index in [-0.39, 0.29) is 6.04 Å². The second kappa shape index (κ2) is 9.25. The van der Waals surface area contributed by atoms with Gasteiger partial charge in [-0.1, -0.05) is 30.3 Å². The van der Waals surface area contributed by atoms with Gasteiger partial charge >= 0.3 is 6.09 Å². The summed E-state index contributed by atoms with van der Waals surface area (Å²) in [6.07, 6.45) is 1.97. The number of hydrogen-bond acceptors (Lipinski definition) is 4. The van der Waals surface area contributed by atoms with Crippen LogP contribution in [-0.4, -0.2) is 37.2 Å². The molecule has 1 aliphatic heterocycles. The summed E-state index contributed by atoms with van der Waals surface area (Å²) in [5.41, 5.74) is 1.18. The van der Waals surface area contributed by atoms with Crippen molar-refractivity contribution in [1.29, 1.82) is 0 Å². The standard InChI is InChI=1S/C21H26N2O3/c1-2-25-18-12-10-17(11-13-18)20(23-14-6-7-15-23)16-22-21(24)26-19-8-4-3-5-9-19/h3-5,8-13,20H,2,6-7,14-16H2,1H3,(H,22,24). The highest BCUT2D eigenvalue weighted by molar-refractivity contribution is 5.70. The number of nitrogens with one attached hydrogen (secondary N) is 1. The SMILES string of the molecule is CCOc1ccc(C(CNC(=O)Oc2ccccc2)N2CCCC2)cc1. The molecule has 0 radical (unpaired) electrons. The van der Waals surface area contributed by atoms with E-state index in [9.17, 15) is 4.79 Å². The third-order valence-electron chi connectivity index (χ3n) is 4.55. The number of hydrogen-bond donors (Lipinski definition) is 1. The summed E-state index contributed by atoms with van der Waals surface area (Å²) in [4.78, 5) is 14.5. The van der Waals surface area contributed by atoms with E-state index in [1.54, 1.807) is 12.1 Å². The lowest BCUT2D eigenvalue weighted by Crippen LogP contribution is -2.37. The minimum absolute atomic E-state index is 0.136. The number of ether oxygens (including phenoxy) is 2. The van der Waals surface area contributed by atoms with Crippen molar-refractivity contribution in [2.75, 3.05) is 26.2 Å². The van der Waals surface area contributed by atoms with Crippen molar-refractivity contribution in [3.05, 3.63) is 60.2 Å². The van der Waals surface area contributed by atoms with Crippen molar-refractivity contribution >= 4 is 6.09 Å². The van der Waals surface area contributed by atoms with Crippen molar-refractivity contribution in [3.8, 4) is 11.5 Å². The van der Waals surface area contributed by atoms with Crippen LogP contribution in [0.3, 0.4) is 0 Å². The topological polar surface area (TPSA) is 50.8 Å². The second-order valence-electron chi connectivity index (χ2n) is 6.34. The van der Waals surface area contributed by atoms with Gasteiger partial charge in [0.05, 0.1) is 12.6 Å². The minimum atomic E-state index is -0.425. The summed E-state index contributed by atoms with van der Waals surface area (Å²) in [6.45, 7) is 5.24. The van der Waals surface area contributed by atoms with Gasteiger partial charge < -0.3 is 14.8 Å². The smallest absolute Gasteiger partial charge is 0.412 e. The number of carbonyl (C=O) groups is 1. The van der Waals surface area contributed by atoms with Gasteiger partial charge in [-0.05, 0) is 62.7 Å². The Morgan fingerprint density at radius 1 is 1.04 bits per heavy atom. The molecular formula is C21H26N2O3. The van der Waals surface area contributed by atoms with E-state index in [2.05, 4.69) is 22.3 Å². The zero-order valence-electron chi connectivity index (χ0n) is 15.2. The van der Waals surface area contributed by atoms with E-state index in [1.165, 1.54) is 18.4 Å². The van der Waals surface area contributed by atoms with Gasteiger partial charge in [-0.25, -0.2) is 4.79 Å². The molecule has 1 saturated heterocycles. The molecule has 0 aliphatic carbocycles. The zero-order valence-corrected chi connectivity index (χ0v) is 15.2. The molecule has 0 saturated carbocycles. The second-order valence-corrected chi connectivity index (χ2v) is 6.34. The number of nitrogens with zero attached hydrogens (tertiary/aromatic N) is 1. The molecular weight excluding hydrogens is 328 g/mol. The molecule has 0 bridgehead atoms.